The molecule has 0 bridgehead atoms. The Morgan fingerprint density at radius 2 is 2.29 bits per heavy atom. The number of hydrogen-bond donors (Lipinski definition) is 2. The van der Waals surface area contributed by atoms with Gasteiger partial charge in [0, 0.05) is 12.6 Å². The molecular formula is C10H19N3O. The molecule has 80 valence electrons. The number of nitrogens with one attached hydrogen (secondary N) is 1. The van der Waals surface area contributed by atoms with Gasteiger partial charge in [0.25, 0.3) is 0 Å². The van der Waals surface area contributed by atoms with E-state index in [2.05, 4.69) is 24.1 Å². The Bertz CT molecular complexity index is 270. The largest absolute Gasteiger partial charge is 0.447 e. The zero-order valence-electron chi connectivity index (χ0n) is 9.08. The fourth-order valence-electron chi connectivity index (χ4n) is 1.31. The average molecular weight is 197 g/mol. The maximum absolute atomic E-state index is 5.64. The van der Waals surface area contributed by atoms with Crippen LogP contribution in [0.5, 0.6) is 0 Å². The normalized spacial score (nSPS) is 13.5. The molecule has 0 saturated carbocycles. The highest BCUT2D eigenvalue weighted by atomic mass is 16.3. The fourth-order valence-corrected chi connectivity index (χ4v) is 1.31. The Morgan fingerprint density at radius 3 is 2.71 bits per heavy atom. The molecule has 0 amide bonds. The van der Waals surface area contributed by atoms with Gasteiger partial charge >= 0.3 is 0 Å². The summed E-state index contributed by atoms with van der Waals surface area (Å²) in [6.45, 7) is 7.58. The zero-order valence-corrected chi connectivity index (χ0v) is 9.08. The first kappa shape index (κ1) is 11.2. The monoisotopic (exact) mass is 197 g/mol. The molecule has 1 rings (SSSR count). The van der Waals surface area contributed by atoms with Crippen LogP contribution in [0.2, 0.25) is 0 Å². The lowest BCUT2D eigenvalue weighted by Crippen LogP contribution is -2.39. The van der Waals surface area contributed by atoms with Crippen molar-refractivity contribution in [1.29, 1.82) is 0 Å². The summed E-state index contributed by atoms with van der Waals surface area (Å²) in [5, 5.41) is 3.35. The summed E-state index contributed by atoms with van der Waals surface area (Å²) in [6, 6.07) is 0.333. The van der Waals surface area contributed by atoms with Crippen LogP contribution in [-0.2, 0) is 6.54 Å². The minimum atomic E-state index is 0.333. The topological polar surface area (TPSA) is 64.1 Å². The number of hydrogen-bond acceptors (Lipinski definition) is 4. The third-order valence-corrected chi connectivity index (χ3v) is 2.43. The van der Waals surface area contributed by atoms with Crippen LogP contribution < -0.4 is 11.1 Å². The molecule has 14 heavy (non-hydrogen) atoms. The molecule has 1 aromatic heterocycles. The lowest BCUT2D eigenvalue weighted by Gasteiger charge is -2.19. The van der Waals surface area contributed by atoms with E-state index in [1.807, 2.05) is 6.92 Å². The molecule has 0 saturated heterocycles. The Labute approximate surface area is 84.9 Å². The first-order valence-electron chi connectivity index (χ1n) is 4.97. The van der Waals surface area contributed by atoms with Crippen LogP contribution in [0.1, 0.15) is 25.3 Å². The van der Waals surface area contributed by atoms with Crippen molar-refractivity contribution in [2.24, 2.45) is 11.7 Å². The zero-order chi connectivity index (χ0) is 10.6. The van der Waals surface area contributed by atoms with E-state index in [4.69, 9.17) is 10.2 Å². The third-order valence-electron chi connectivity index (χ3n) is 2.43. The van der Waals surface area contributed by atoms with E-state index in [0.29, 0.717) is 25.0 Å². The number of nitrogens with two attached hydrogens (primary N) is 1. The second-order valence-electron chi connectivity index (χ2n) is 3.83. The smallest absolute Gasteiger partial charge is 0.181 e. The molecule has 0 aliphatic rings. The molecule has 0 radical (unpaired) electrons. The van der Waals surface area contributed by atoms with Crippen molar-refractivity contribution in [1.82, 2.24) is 10.3 Å². The quantitative estimate of drug-likeness (QED) is 0.740. The van der Waals surface area contributed by atoms with Gasteiger partial charge in [-0.2, -0.15) is 0 Å². The number of aromatic nitrogens is 1. The lowest BCUT2D eigenvalue weighted by atomic mass is 10.0. The van der Waals surface area contributed by atoms with Gasteiger partial charge in [-0.05, 0) is 12.8 Å². The first-order valence-corrected chi connectivity index (χ1v) is 4.97. The van der Waals surface area contributed by atoms with Crippen LogP contribution in [0.3, 0.4) is 0 Å². The van der Waals surface area contributed by atoms with Gasteiger partial charge in [0.1, 0.15) is 5.76 Å². The molecule has 1 aromatic rings. The van der Waals surface area contributed by atoms with E-state index < -0.39 is 0 Å². The predicted octanol–water partition coefficient (Wildman–Crippen LogP) is 1.06. The second-order valence-corrected chi connectivity index (χ2v) is 3.83. The summed E-state index contributed by atoms with van der Waals surface area (Å²) >= 11 is 0. The molecule has 4 heteroatoms. The molecule has 0 aromatic carbocycles. The van der Waals surface area contributed by atoms with Crippen LogP contribution in [0.4, 0.5) is 0 Å². The van der Waals surface area contributed by atoms with Crippen molar-refractivity contribution in [3.05, 3.63) is 17.8 Å². The molecule has 1 atom stereocenters. The van der Waals surface area contributed by atoms with Gasteiger partial charge < -0.3 is 15.5 Å². The van der Waals surface area contributed by atoms with Crippen LogP contribution in [0.15, 0.2) is 10.8 Å². The standard InChI is InChI=1S/C10H19N3O/c1-7(2)9(4-11)12-5-10-8(3)13-6-14-10/h6-7,9,12H,4-5,11H2,1-3H3. The molecule has 0 spiro atoms. The van der Waals surface area contributed by atoms with Gasteiger partial charge in [-0.1, -0.05) is 13.8 Å². The van der Waals surface area contributed by atoms with Gasteiger partial charge in [-0.25, -0.2) is 4.98 Å². The van der Waals surface area contributed by atoms with E-state index in [1.165, 1.54) is 6.39 Å². The van der Waals surface area contributed by atoms with E-state index in [0.717, 1.165) is 11.5 Å². The third kappa shape index (κ3) is 2.82. The number of rotatable bonds is 5. The van der Waals surface area contributed by atoms with Crippen LogP contribution in [0.25, 0.3) is 0 Å². The van der Waals surface area contributed by atoms with Crippen LogP contribution in [0, 0.1) is 12.8 Å². The lowest BCUT2D eigenvalue weighted by molar-refractivity contribution is 0.379. The van der Waals surface area contributed by atoms with E-state index in [1.54, 1.807) is 0 Å². The van der Waals surface area contributed by atoms with Crippen molar-refractivity contribution in [3.63, 3.8) is 0 Å². The summed E-state index contributed by atoms with van der Waals surface area (Å²) in [4.78, 5) is 4.03. The Hall–Kier alpha value is -0.870. The summed E-state index contributed by atoms with van der Waals surface area (Å²) in [5.74, 6) is 1.42. The summed E-state index contributed by atoms with van der Waals surface area (Å²) in [7, 11) is 0. The van der Waals surface area contributed by atoms with E-state index in [-0.39, 0.29) is 0 Å². The van der Waals surface area contributed by atoms with Gasteiger partial charge in [-0.3, -0.25) is 0 Å². The minimum Gasteiger partial charge on any atom is -0.447 e. The van der Waals surface area contributed by atoms with Gasteiger partial charge in [0.2, 0.25) is 0 Å². The molecule has 4 nitrogen and oxygen atoms in total. The van der Waals surface area contributed by atoms with Crippen molar-refractivity contribution in [2.75, 3.05) is 6.54 Å². The maximum Gasteiger partial charge on any atom is 0.181 e. The van der Waals surface area contributed by atoms with Gasteiger partial charge in [-0.15, -0.1) is 0 Å². The first-order chi connectivity index (χ1) is 6.65. The highest BCUT2D eigenvalue weighted by Crippen LogP contribution is 2.06. The maximum atomic E-state index is 5.64. The Balaban J connectivity index is 2.43. The molecule has 0 fully saturated rings. The van der Waals surface area contributed by atoms with E-state index in [9.17, 15) is 0 Å². The predicted molar refractivity (Wildman–Crippen MR) is 55.8 cm³/mol. The Kier molecular flexibility index (Phi) is 4.10. The Morgan fingerprint density at radius 1 is 1.57 bits per heavy atom. The number of nitrogens with zero attached hydrogens (tertiary/aromatic N) is 1. The SMILES string of the molecule is Cc1ncoc1CNC(CN)C(C)C. The van der Waals surface area contributed by atoms with Crippen molar-refractivity contribution >= 4 is 0 Å². The molecule has 0 aliphatic heterocycles. The molecule has 1 heterocycles. The molecular weight excluding hydrogens is 178 g/mol. The van der Waals surface area contributed by atoms with Crippen molar-refractivity contribution < 1.29 is 4.42 Å². The molecule has 3 N–H and O–H groups in total. The highest BCUT2D eigenvalue weighted by molar-refractivity contribution is 5.03. The van der Waals surface area contributed by atoms with Crippen molar-refractivity contribution in [3.8, 4) is 0 Å². The summed E-state index contributed by atoms with van der Waals surface area (Å²) < 4.78 is 5.22. The fraction of sp³-hybridized carbons (Fsp3) is 0.700. The number of oxazole rings is 1. The number of aryl methyl sites for hydroxylation is 1. The van der Waals surface area contributed by atoms with Crippen molar-refractivity contribution in [2.45, 2.75) is 33.4 Å². The average Bonchev–Trinajstić information content (AvgIpc) is 2.52. The second kappa shape index (κ2) is 5.12. The molecule has 0 aliphatic carbocycles. The van der Waals surface area contributed by atoms with Gasteiger partial charge in [0.05, 0.1) is 12.2 Å². The van der Waals surface area contributed by atoms with E-state index >= 15 is 0 Å². The highest BCUT2D eigenvalue weighted by Gasteiger charge is 2.12. The summed E-state index contributed by atoms with van der Waals surface area (Å²) in [5.41, 5.74) is 6.58. The summed E-state index contributed by atoms with van der Waals surface area (Å²) in [6.07, 6.45) is 1.47. The van der Waals surface area contributed by atoms with Crippen LogP contribution >= 0.6 is 0 Å². The van der Waals surface area contributed by atoms with Crippen LogP contribution in [-0.4, -0.2) is 17.6 Å². The molecule has 1 unspecified atom stereocenters. The minimum absolute atomic E-state index is 0.333. The van der Waals surface area contributed by atoms with Gasteiger partial charge in [0.15, 0.2) is 6.39 Å².